The van der Waals surface area contributed by atoms with Crippen LogP contribution >= 0.6 is 0 Å². The number of aromatic carboxylic acids is 1. The molecular formula is C12H18N2O2. The molecule has 0 saturated carbocycles. The van der Waals surface area contributed by atoms with Gasteiger partial charge in [0.2, 0.25) is 0 Å². The van der Waals surface area contributed by atoms with Crippen LogP contribution in [0.3, 0.4) is 0 Å². The molecule has 0 radical (unpaired) electrons. The smallest absolute Gasteiger partial charge is 0.339 e. The molecule has 0 amide bonds. The van der Waals surface area contributed by atoms with Crippen LogP contribution in [0.25, 0.3) is 0 Å². The van der Waals surface area contributed by atoms with Gasteiger partial charge in [-0.2, -0.15) is 0 Å². The monoisotopic (exact) mass is 222 g/mol. The van der Waals surface area contributed by atoms with Crippen LogP contribution in [0, 0.1) is 5.92 Å². The molecule has 1 N–H and O–H groups in total. The maximum absolute atomic E-state index is 11.3. The van der Waals surface area contributed by atoms with E-state index in [0.717, 1.165) is 12.0 Å². The predicted molar refractivity (Wildman–Crippen MR) is 64.1 cm³/mol. The summed E-state index contributed by atoms with van der Waals surface area (Å²) >= 11 is 0. The molecule has 1 aromatic heterocycles. The van der Waals surface area contributed by atoms with Gasteiger partial charge in [-0.05, 0) is 24.0 Å². The standard InChI is InChI=1S/C12H18N2O2/c1-8(2)7-9-5-6-13-11(14(3)4)10(9)12(15)16/h5-6,8H,7H2,1-4H3,(H,15,16). The molecule has 4 heteroatoms. The molecule has 0 aromatic carbocycles. The van der Waals surface area contributed by atoms with Crippen molar-refractivity contribution in [1.82, 2.24) is 4.98 Å². The third-order valence-corrected chi connectivity index (χ3v) is 2.28. The lowest BCUT2D eigenvalue weighted by Crippen LogP contribution is -2.18. The molecule has 0 fully saturated rings. The van der Waals surface area contributed by atoms with Crippen molar-refractivity contribution >= 4 is 11.8 Å². The number of carbonyl (C=O) groups is 1. The van der Waals surface area contributed by atoms with Gasteiger partial charge in [0.1, 0.15) is 11.4 Å². The summed E-state index contributed by atoms with van der Waals surface area (Å²) in [6, 6.07) is 1.79. The molecule has 0 atom stereocenters. The fourth-order valence-corrected chi connectivity index (χ4v) is 1.67. The van der Waals surface area contributed by atoms with E-state index in [1.807, 2.05) is 0 Å². The normalized spacial score (nSPS) is 10.6. The Morgan fingerprint density at radius 2 is 2.12 bits per heavy atom. The first-order valence-corrected chi connectivity index (χ1v) is 5.32. The van der Waals surface area contributed by atoms with E-state index in [9.17, 15) is 9.90 Å². The molecule has 88 valence electrons. The Hall–Kier alpha value is -1.58. The number of carboxylic acids is 1. The van der Waals surface area contributed by atoms with Gasteiger partial charge in [0.05, 0.1) is 0 Å². The maximum atomic E-state index is 11.3. The lowest BCUT2D eigenvalue weighted by Gasteiger charge is -2.17. The van der Waals surface area contributed by atoms with Crippen LogP contribution in [-0.2, 0) is 6.42 Å². The predicted octanol–water partition coefficient (Wildman–Crippen LogP) is 2.04. The van der Waals surface area contributed by atoms with E-state index in [-0.39, 0.29) is 0 Å². The number of hydrogen-bond acceptors (Lipinski definition) is 3. The van der Waals surface area contributed by atoms with E-state index in [1.165, 1.54) is 0 Å². The summed E-state index contributed by atoms with van der Waals surface area (Å²) in [6.07, 6.45) is 2.42. The van der Waals surface area contributed by atoms with Gasteiger partial charge in [0.15, 0.2) is 0 Å². The van der Waals surface area contributed by atoms with Crippen molar-refractivity contribution in [3.63, 3.8) is 0 Å². The van der Waals surface area contributed by atoms with E-state index in [0.29, 0.717) is 17.3 Å². The first-order valence-electron chi connectivity index (χ1n) is 5.32. The molecular weight excluding hydrogens is 204 g/mol. The lowest BCUT2D eigenvalue weighted by molar-refractivity contribution is 0.0696. The Morgan fingerprint density at radius 3 is 2.56 bits per heavy atom. The molecule has 0 aliphatic rings. The first-order chi connectivity index (χ1) is 7.43. The van der Waals surface area contributed by atoms with E-state index >= 15 is 0 Å². The minimum Gasteiger partial charge on any atom is -0.478 e. The number of anilines is 1. The molecule has 1 rings (SSSR count). The fraction of sp³-hybridized carbons (Fsp3) is 0.500. The third-order valence-electron chi connectivity index (χ3n) is 2.28. The van der Waals surface area contributed by atoms with Crippen molar-refractivity contribution < 1.29 is 9.90 Å². The van der Waals surface area contributed by atoms with Crippen molar-refractivity contribution in [2.75, 3.05) is 19.0 Å². The summed E-state index contributed by atoms with van der Waals surface area (Å²) in [4.78, 5) is 17.1. The van der Waals surface area contributed by atoms with Gasteiger partial charge in [0, 0.05) is 20.3 Å². The SMILES string of the molecule is CC(C)Cc1ccnc(N(C)C)c1C(=O)O. The van der Waals surface area contributed by atoms with Gasteiger partial charge in [-0.3, -0.25) is 0 Å². The highest BCUT2D eigenvalue weighted by atomic mass is 16.4. The van der Waals surface area contributed by atoms with Crippen LogP contribution in [0.2, 0.25) is 0 Å². The number of rotatable bonds is 4. The molecule has 1 heterocycles. The van der Waals surface area contributed by atoms with Crippen LogP contribution in [-0.4, -0.2) is 30.2 Å². The highest BCUT2D eigenvalue weighted by Gasteiger charge is 2.18. The van der Waals surface area contributed by atoms with Crippen molar-refractivity contribution in [2.24, 2.45) is 5.92 Å². The Bertz CT molecular complexity index is 387. The second kappa shape index (κ2) is 4.96. The zero-order chi connectivity index (χ0) is 12.3. The third kappa shape index (κ3) is 2.72. The molecule has 0 aliphatic carbocycles. The number of aromatic nitrogens is 1. The van der Waals surface area contributed by atoms with E-state index in [1.54, 1.807) is 31.3 Å². The minimum atomic E-state index is -0.910. The number of carboxylic acid groups (broad SMARTS) is 1. The van der Waals surface area contributed by atoms with Crippen LogP contribution in [0.1, 0.15) is 29.8 Å². The van der Waals surface area contributed by atoms with Gasteiger partial charge in [-0.15, -0.1) is 0 Å². The Labute approximate surface area is 95.9 Å². The highest BCUT2D eigenvalue weighted by Crippen LogP contribution is 2.22. The Kier molecular flexibility index (Phi) is 3.88. The molecule has 1 aromatic rings. The summed E-state index contributed by atoms with van der Waals surface area (Å²) in [6.45, 7) is 4.14. The quantitative estimate of drug-likeness (QED) is 0.847. The van der Waals surface area contributed by atoms with Crippen LogP contribution in [0.15, 0.2) is 12.3 Å². The second-order valence-electron chi connectivity index (χ2n) is 4.47. The number of nitrogens with zero attached hydrogens (tertiary/aromatic N) is 2. The Balaban J connectivity index is 3.27. The van der Waals surface area contributed by atoms with Crippen molar-refractivity contribution in [3.8, 4) is 0 Å². The largest absolute Gasteiger partial charge is 0.478 e. The lowest BCUT2D eigenvalue weighted by atomic mass is 9.99. The van der Waals surface area contributed by atoms with Crippen LogP contribution in [0.4, 0.5) is 5.82 Å². The second-order valence-corrected chi connectivity index (χ2v) is 4.47. The van der Waals surface area contributed by atoms with E-state index < -0.39 is 5.97 Å². The van der Waals surface area contributed by atoms with Gasteiger partial charge < -0.3 is 10.0 Å². The molecule has 0 spiro atoms. The summed E-state index contributed by atoms with van der Waals surface area (Å²) < 4.78 is 0. The van der Waals surface area contributed by atoms with Crippen molar-refractivity contribution in [3.05, 3.63) is 23.4 Å². The summed E-state index contributed by atoms with van der Waals surface area (Å²) in [5.74, 6) is 0.0358. The van der Waals surface area contributed by atoms with Gasteiger partial charge in [-0.1, -0.05) is 13.8 Å². The zero-order valence-corrected chi connectivity index (χ0v) is 10.2. The topological polar surface area (TPSA) is 53.4 Å². The summed E-state index contributed by atoms with van der Waals surface area (Å²) in [7, 11) is 3.60. The molecule has 0 unspecified atom stereocenters. The van der Waals surface area contributed by atoms with Crippen LogP contribution < -0.4 is 4.90 Å². The minimum absolute atomic E-state index is 0.321. The van der Waals surface area contributed by atoms with E-state index in [4.69, 9.17) is 0 Å². The summed E-state index contributed by atoms with van der Waals surface area (Å²) in [5.41, 5.74) is 1.17. The van der Waals surface area contributed by atoms with E-state index in [2.05, 4.69) is 18.8 Å². The number of hydrogen-bond donors (Lipinski definition) is 1. The molecule has 0 saturated heterocycles. The molecule has 4 nitrogen and oxygen atoms in total. The maximum Gasteiger partial charge on any atom is 0.339 e. The molecule has 0 bridgehead atoms. The van der Waals surface area contributed by atoms with Gasteiger partial charge >= 0.3 is 5.97 Å². The van der Waals surface area contributed by atoms with Gasteiger partial charge in [0.25, 0.3) is 0 Å². The Morgan fingerprint density at radius 1 is 1.50 bits per heavy atom. The number of pyridine rings is 1. The van der Waals surface area contributed by atoms with Crippen LogP contribution in [0.5, 0.6) is 0 Å². The van der Waals surface area contributed by atoms with Crippen molar-refractivity contribution in [2.45, 2.75) is 20.3 Å². The van der Waals surface area contributed by atoms with Crippen molar-refractivity contribution in [1.29, 1.82) is 0 Å². The average Bonchev–Trinajstić information content (AvgIpc) is 2.15. The van der Waals surface area contributed by atoms with Gasteiger partial charge in [-0.25, -0.2) is 9.78 Å². The molecule has 0 aliphatic heterocycles. The average molecular weight is 222 g/mol. The summed E-state index contributed by atoms with van der Waals surface area (Å²) in [5, 5.41) is 9.24. The first kappa shape index (κ1) is 12.5. The highest BCUT2D eigenvalue weighted by molar-refractivity contribution is 5.95. The molecule has 16 heavy (non-hydrogen) atoms. The fourth-order valence-electron chi connectivity index (χ4n) is 1.67. The zero-order valence-electron chi connectivity index (χ0n) is 10.2.